The lowest BCUT2D eigenvalue weighted by atomic mass is 9.92. The molecule has 1 N–H and O–H groups in total. The highest BCUT2D eigenvalue weighted by Crippen LogP contribution is 2.27. The van der Waals surface area contributed by atoms with Crippen LogP contribution in [-0.2, 0) is 6.54 Å². The maximum Gasteiger partial charge on any atom is 0.0953 e. The summed E-state index contributed by atoms with van der Waals surface area (Å²) in [4.78, 5) is 8.38. The molecule has 4 heteroatoms. The number of likely N-dealkylation sites (tertiary alicyclic amines) is 1. The third-order valence-electron chi connectivity index (χ3n) is 3.80. The predicted octanol–water partition coefficient (Wildman–Crippen LogP) is 2.86. The van der Waals surface area contributed by atoms with Crippen LogP contribution in [-0.4, -0.2) is 34.2 Å². The summed E-state index contributed by atoms with van der Waals surface area (Å²) in [5.41, 5.74) is 0. The molecule has 0 aliphatic carbocycles. The van der Waals surface area contributed by atoms with Crippen LogP contribution in [0.2, 0.25) is 0 Å². The van der Waals surface area contributed by atoms with Crippen molar-refractivity contribution in [2.45, 2.75) is 52.1 Å². The van der Waals surface area contributed by atoms with Crippen molar-refractivity contribution >= 4 is 11.3 Å². The van der Waals surface area contributed by atoms with E-state index in [2.05, 4.69) is 30.7 Å². The quantitative estimate of drug-likeness (QED) is 0.912. The van der Waals surface area contributed by atoms with Crippen molar-refractivity contribution < 1.29 is 5.11 Å². The van der Waals surface area contributed by atoms with E-state index in [1.54, 1.807) is 0 Å². The van der Waals surface area contributed by atoms with E-state index in [1.807, 2.05) is 17.5 Å². The molecule has 1 fully saturated rings. The Balaban J connectivity index is 1.92. The predicted molar refractivity (Wildman–Crippen MR) is 75.9 cm³/mol. The first-order valence-electron chi connectivity index (χ1n) is 6.89. The Morgan fingerprint density at radius 1 is 1.56 bits per heavy atom. The minimum atomic E-state index is 0.343. The zero-order valence-electron chi connectivity index (χ0n) is 11.6. The molecule has 0 amide bonds. The van der Waals surface area contributed by atoms with Crippen LogP contribution in [0.3, 0.4) is 0 Å². The van der Waals surface area contributed by atoms with E-state index >= 15 is 0 Å². The lowest BCUT2D eigenvalue weighted by Crippen LogP contribution is -2.40. The molecule has 0 bridgehead atoms. The molecule has 1 aliphatic rings. The van der Waals surface area contributed by atoms with Gasteiger partial charge in [-0.05, 0) is 32.2 Å². The fraction of sp³-hybridized carbons (Fsp3) is 0.786. The maximum atomic E-state index is 9.22. The van der Waals surface area contributed by atoms with Gasteiger partial charge in [-0.3, -0.25) is 4.90 Å². The fourth-order valence-electron chi connectivity index (χ4n) is 2.58. The SMILES string of the molecule is CC(C)c1ncc(CN2CC[C@H](CO)C[C@@H]2C)s1. The summed E-state index contributed by atoms with van der Waals surface area (Å²) in [6.45, 7) is 9.11. The number of rotatable bonds is 4. The lowest BCUT2D eigenvalue weighted by Gasteiger charge is -2.36. The second-order valence-corrected chi connectivity index (χ2v) is 6.86. The molecular formula is C14H24N2OS. The van der Waals surface area contributed by atoms with Crippen LogP contribution in [0.15, 0.2) is 6.20 Å². The van der Waals surface area contributed by atoms with Crippen LogP contribution in [0.5, 0.6) is 0 Å². The van der Waals surface area contributed by atoms with E-state index in [4.69, 9.17) is 0 Å². The smallest absolute Gasteiger partial charge is 0.0953 e. The van der Waals surface area contributed by atoms with Gasteiger partial charge in [0.25, 0.3) is 0 Å². The molecule has 1 aliphatic heterocycles. The number of hydrogen-bond acceptors (Lipinski definition) is 4. The van der Waals surface area contributed by atoms with Crippen molar-refractivity contribution in [2.75, 3.05) is 13.2 Å². The molecule has 1 saturated heterocycles. The molecule has 0 aromatic carbocycles. The minimum absolute atomic E-state index is 0.343. The highest BCUT2D eigenvalue weighted by atomic mass is 32.1. The van der Waals surface area contributed by atoms with Crippen LogP contribution < -0.4 is 0 Å². The summed E-state index contributed by atoms with van der Waals surface area (Å²) in [5.74, 6) is 1.03. The van der Waals surface area contributed by atoms with Crippen molar-refractivity contribution in [1.82, 2.24) is 9.88 Å². The van der Waals surface area contributed by atoms with Gasteiger partial charge < -0.3 is 5.11 Å². The lowest BCUT2D eigenvalue weighted by molar-refractivity contribution is 0.0846. The number of piperidine rings is 1. The Morgan fingerprint density at radius 2 is 2.33 bits per heavy atom. The van der Waals surface area contributed by atoms with Gasteiger partial charge in [-0.2, -0.15) is 0 Å². The van der Waals surface area contributed by atoms with Gasteiger partial charge in [0.1, 0.15) is 0 Å². The van der Waals surface area contributed by atoms with Crippen molar-refractivity contribution in [3.63, 3.8) is 0 Å². The molecule has 0 saturated carbocycles. The first-order chi connectivity index (χ1) is 8.60. The van der Waals surface area contributed by atoms with Crippen LogP contribution in [0, 0.1) is 5.92 Å². The highest BCUT2D eigenvalue weighted by molar-refractivity contribution is 7.11. The summed E-state index contributed by atoms with van der Waals surface area (Å²) < 4.78 is 0. The number of nitrogens with zero attached hydrogens (tertiary/aromatic N) is 2. The first kappa shape index (κ1) is 14.0. The Labute approximate surface area is 114 Å². The number of thiazole rings is 1. The summed E-state index contributed by atoms with van der Waals surface area (Å²) >= 11 is 1.84. The summed E-state index contributed by atoms with van der Waals surface area (Å²) in [6, 6.07) is 0.570. The van der Waals surface area contributed by atoms with Crippen LogP contribution in [0.1, 0.15) is 49.4 Å². The van der Waals surface area contributed by atoms with Crippen molar-refractivity contribution in [3.05, 3.63) is 16.1 Å². The summed E-state index contributed by atoms with van der Waals surface area (Å²) in [5, 5.41) is 10.5. The van der Waals surface area contributed by atoms with E-state index in [-0.39, 0.29) is 0 Å². The van der Waals surface area contributed by atoms with Crippen molar-refractivity contribution in [2.24, 2.45) is 5.92 Å². The van der Waals surface area contributed by atoms with Gasteiger partial charge in [0.2, 0.25) is 0 Å². The molecule has 1 aromatic rings. The monoisotopic (exact) mass is 268 g/mol. The zero-order valence-corrected chi connectivity index (χ0v) is 12.4. The molecule has 102 valence electrons. The number of aliphatic hydroxyl groups is 1. The van der Waals surface area contributed by atoms with Gasteiger partial charge in [-0.15, -0.1) is 11.3 Å². The Kier molecular flexibility index (Phi) is 4.76. The average molecular weight is 268 g/mol. The number of aliphatic hydroxyl groups excluding tert-OH is 1. The molecule has 2 atom stereocenters. The zero-order chi connectivity index (χ0) is 13.1. The van der Waals surface area contributed by atoms with Crippen molar-refractivity contribution in [3.8, 4) is 0 Å². The molecule has 2 heterocycles. The molecule has 0 radical (unpaired) electrons. The molecule has 0 unspecified atom stereocenters. The van der Waals surface area contributed by atoms with E-state index in [0.717, 1.165) is 25.9 Å². The molecular weight excluding hydrogens is 244 g/mol. The molecule has 0 spiro atoms. The molecule has 2 rings (SSSR count). The molecule has 3 nitrogen and oxygen atoms in total. The van der Waals surface area contributed by atoms with Gasteiger partial charge in [-0.25, -0.2) is 4.98 Å². The topological polar surface area (TPSA) is 36.4 Å². The standard InChI is InChI=1S/C14H24N2OS/c1-10(2)14-15-7-13(18-14)8-16-5-4-12(9-17)6-11(16)3/h7,10-12,17H,4-6,8-9H2,1-3H3/t11-,12-/m0/s1. The largest absolute Gasteiger partial charge is 0.396 e. The summed E-state index contributed by atoms with van der Waals surface area (Å²) in [7, 11) is 0. The third-order valence-corrected chi connectivity index (χ3v) is 5.09. The Bertz CT molecular complexity index is 378. The minimum Gasteiger partial charge on any atom is -0.396 e. The second-order valence-electron chi connectivity index (χ2n) is 5.71. The van der Waals surface area contributed by atoms with Crippen molar-refractivity contribution in [1.29, 1.82) is 0 Å². The van der Waals surface area contributed by atoms with Crippen LogP contribution >= 0.6 is 11.3 Å². The Morgan fingerprint density at radius 3 is 2.89 bits per heavy atom. The van der Waals surface area contributed by atoms with Gasteiger partial charge in [0.05, 0.1) is 5.01 Å². The number of hydrogen-bond donors (Lipinski definition) is 1. The third kappa shape index (κ3) is 3.31. The molecule has 1 aromatic heterocycles. The maximum absolute atomic E-state index is 9.22. The van der Waals surface area contributed by atoms with E-state index in [1.165, 1.54) is 9.88 Å². The van der Waals surface area contributed by atoms with E-state index in [9.17, 15) is 5.11 Å². The average Bonchev–Trinajstić information content (AvgIpc) is 2.80. The van der Waals surface area contributed by atoms with Gasteiger partial charge >= 0.3 is 0 Å². The normalized spacial score (nSPS) is 25.8. The second kappa shape index (κ2) is 6.13. The number of aromatic nitrogens is 1. The van der Waals surface area contributed by atoms with E-state index in [0.29, 0.717) is 24.5 Å². The molecule has 18 heavy (non-hydrogen) atoms. The van der Waals surface area contributed by atoms with Gasteiger partial charge in [0.15, 0.2) is 0 Å². The van der Waals surface area contributed by atoms with Gasteiger partial charge in [-0.1, -0.05) is 13.8 Å². The van der Waals surface area contributed by atoms with E-state index < -0.39 is 0 Å². The van der Waals surface area contributed by atoms with Gasteiger partial charge in [0, 0.05) is 36.2 Å². The fourth-order valence-corrected chi connectivity index (χ4v) is 3.53. The Hall–Kier alpha value is -0.450. The first-order valence-corrected chi connectivity index (χ1v) is 7.71. The highest BCUT2D eigenvalue weighted by Gasteiger charge is 2.25. The summed E-state index contributed by atoms with van der Waals surface area (Å²) in [6.07, 6.45) is 4.27. The van der Waals surface area contributed by atoms with Crippen LogP contribution in [0.25, 0.3) is 0 Å². The van der Waals surface area contributed by atoms with Crippen LogP contribution in [0.4, 0.5) is 0 Å².